The second-order valence-corrected chi connectivity index (χ2v) is 2.25. The first-order valence-corrected chi connectivity index (χ1v) is 2.68. The zero-order valence-electron chi connectivity index (χ0n) is 5.13. The van der Waals surface area contributed by atoms with Crippen molar-refractivity contribution in [2.45, 2.75) is 12.5 Å². The molecule has 0 saturated heterocycles. The average Bonchev–Trinajstić information content (AvgIpc) is 1.77. The van der Waals surface area contributed by atoms with Crippen LogP contribution >= 0.6 is 0 Å². The Bertz CT molecular complexity index is 158. The fraction of sp³-hybridized carbons (Fsp3) is 0.500. The summed E-state index contributed by atoms with van der Waals surface area (Å²) < 4.78 is 4.70. The maximum atomic E-state index is 10.7. The average molecular weight is 128 g/mol. The van der Waals surface area contributed by atoms with Crippen molar-refractivity contribution in [2.75, 3.05) is 6.61 Å². The van der Waals surface area contributed by atoms with Crippen molar-refractivity contribution >= 4 is 5.78 Å². The molecule has 0 spiro atoms. The molecule has 1 unspecified atom stereocenters. The van der Waals surface area contributed by atoms with E-state index >= 15 is 0 Å². The maximum absolute atomic E-state index is 10.7. The number of hydrogen-bond acceptors (Lipinski definition) is 3. The van der Waals surface area contributed by atoms with Crippen molar-refractivity contribution < 1.29 is 14.6 Å². The Labute approximate surface area is 52.9 Å². The van der Waals surface area contributed by atoms with Gasteiger partial charge in [-0.05, 0) is 6.92 Å². The molecule has 3 heteroatoms. The van der Waals surface area contributed by atoms with Crippen LogP contribution in [-0.4, -0.2) is 23.1 Å². The van der Waals surface area contributed by atoms with Crippen LogP contribution in [0.5, 0.6) is 0 Å². The van der Waals surface area contributed by atoms with Crippen LogP contribution in [-0.2, 0) is 9.53 Å². The molecule has 0 aromatic heterocycles. The Kier molecular flexibility index (Phi) is 1.29. The molecule has 0 aromatic carbocycles. The van der Waals surface area contributed by atoms with Crippen LogP contribution in [0.4, 0.5) is 0 Å². The topological polar surface area (TPSA) is 46.5 Å². The van der Waals surface area contributed by atoms with Gasteiger partial charge in [0.25, 0.3) is 0 Å². The standard InChI is InChI=1S/C6H8O3/c1-6(8)4-9-3-2-5(6)7/h2-3,8H,4H2,1H3. The molecule has 3 nitrogen and oxygen atoms in total. The van der Waals surface area contributed by atoms with Gasteiger partial charge < -0.3 is 9.84 Å². The fourth-order valence-electron chi connectivity index (χ4n) is 0.571. The predicted octanol–water partition coefficient (Wildman–Crippen LogP) is -0.150. The van der Waals surface area contributed by atoms with Gasteiger partial charge in [-0.25, -0.2) is 0 Å². The third-order valence-corrected chi connectivity index (χ3v) is 1.21. The van der Waals surface area contributed by atoms with Gasteiger partial charge in [-0.15, -0.1) is 0 Å². The number of ether oxygens (including phenoxy) is 1. The number of hydrogen-bond donors (Lipinski definition) is 1. The first-order chi connectivity index (χ1) is 4.13. The van der Waals surface area contributed by atoms with Crippen molar-refractivity contribution in [1.29, 1.82) is 0 Å². The molecule has 1 rings (SSSR count). The van der Waals surface area contributed by atoms with E-state index in [0.29, 0.717) is 0 Å². The molecule has 0 aromatic rings. The van der Waals surface area contributed by atoms with Gasteiger partial charge >= 0.3 is 0 Å². The van der Waals surface area contributed by atoms with Gasteiger partial charge in [0.15, 0.2) is 11.4 Å². The first kappa shape index (κ1) is 6.29. The Balaban J connectivity index is 2.78. The van der Waals surface area contributed by atoms with E-state index in [4.69, 9.17) is 9.84 Å². The molecule has 0 bridgehead atoms. The lowest BCUT2D eigenvalue weighted by Crippen LogP contribution is -2.40. The lowest BCUT2D eigenvalue weighted by Gasteiger charge is -2.21. The smallest absolute Gasteiger partial charge is 0.193 e. The molecule has 1 atom stereocenters. The molecule has 0 radical (unpaired) electrons. The summed E-state index contributed by atoms with van der Waals surface area (Å²) in [5, 5.41) is 9.12. The van der Waals surface area contributed by atoms with Gasteiger partial charge in [0.2, 0.25) is 0 Å². The molecule has 0 saturated carbocycles. The van der Waals surface area contributed by atoms with Gasteiger partial charge in [-0.1, -0.05) is 0 Å². The van der Waals surface area contributed by atoms with Crippen LogP contribution in [0.2, 0.25) is 0 Å². The van der Waals surface area contributed by atoms with Gasteiger partial charge in [0, 0.05) is 6.08 Å². The van der Waals surface area contributed by atoms with Crippen LogP contribution in [0.1, 0.15) is 6.92 Å². The first-order valence-electron chi connectivity index (χ1n) is 2.68. The number of ketones is 1. The van der Waals surface area contributed by atoms with Crippen LogP contribution in [0.15, 0.2) is 12.3 Å². The van der Waals surface area contributed by atoms with E-state index in [1.165, 1.54) is 19.3 Å². The third-order valence-electron chi connectivity index (χ3n) is 1.21. The molecule has 0 fully saturated rings. The molecule has 1 aliphatic rings. The van der Waals surface area contributed by atoms with E-state index < -0.39 is 5.60 Å². The Hall–Kier alpha value is -0.830. The summed E-state index contributed by atoms with van der Waals surface area (Å²) in [6.07, 6.45) is 2.52. The lowest BCUT2D eigenvalue weighted by atomic mass is 10.0. The lowest BCUT2D eigenvalue weighted by molar-refractivity contribution is -0.136. The van der Waals surface area contributed by atoms with Crippen LogP contribution in [0.25, 0.3) is 0 Å². The summed E-state index contributed by atoms with van der Waals surface area (Å²) in [6.45, 7) is 1.49. The zero-order valence-corrected chi connectivity index (χ0v) is 5.13. The highest BCUT2D eigenvalue weighted by Crippen LogP contribution is 2.10. The molecule has 1 N–H and O–H groups in total. The molecule has 1 aliphatic heterocycles. The van der Waals surface area contributed by atoms with Gasteiger partial charge in [0.05, 0.1) is 6.26 Å². The van der Waals surface area contributed by atoms with E-state index in [9.17, 15) is 4.79 Å². The second-order valence-electron chi connectivity index (χ2n) is 2.25. The summed E-state index contributed by atoms with van der Waals surface area (Å²) in [7, 11) is 0. The minimum Gasteiger partial charge on any atom is -0.498 e. The SMILES string of the molecule is CC1(O)COC=CC1=O. The Morgan fingerprint density at radius 3 is 2.89 bits per heavy atom. The van der Waals surface area contributed by atoms with E-state index in [0.717, 1.165) is 0 Å². The van der Waals surface area contributed by atoms with Crippen molar-refractivity contribution in [2.24, 2.45) is 0 Å². The van der Waals surface area contributed by atoms with Crippen molar-refractivity contribution in [1.82, 2.24) is 0 Å². The third kappa shape index (κ3) is 1.10. The summed E-state index contributed by atoms with van der Waals surface area (Å²) >= 11 is 0. The summed E-state index contributed by atoms with van der Waals surface area (Å²) in [4.78, 5) is 10.7. The van der Waals surface area contributed by atoms with Crippen LogP contribution in [0, 0.1) is 0 Å². The minimum atomic E-state index is -1.31. The van der Waals surface area contributed by atoms with Crippen molar-refractivity contribution in [3.8, 4) is 0 Å². The van der Waals surface area contributed by atoms with E-state index in [1.54, 1.807) is 0 Å². The molecule has 9 heavy (non-hydrogen) atoms. The van der Waals surface area contributed by atoms with Crippen molar-refractivity contribution in [3.63, 3.8) is 0 Å². The van der Waals surface area contributed by atoms with E-state index in [2.05, 4.69) is 0 Å². The number of carbonyl (C=O) groups excluding carboxylic acids is 1. The summed E-state index contributed by atoms with van der Waals surface area (Å²) in [5.74, 6) is -0.297. The predicted molar refractivity (Wildman–Crippen MR) is 30.7 cm³/mol. The van der Waals surface area contributed by atoms with Crippen LogP contribution < -0.4 is 0 Å². The van der Waals surface area contributed by atoms with Gasteiger partial charge in [-0.2, -0.15) is 0 Å². The number of rotatable bonds is 0. The molecule has 0 amide bonds. The van der Waals surface area contributed by atoms with E-state index in [1.807, 2.05) is 0 Å². The van der Waals surface area contributed by atoms with Gasteiger partial charge in [-0.3, -0.25) is 4.79 Å². The quantitative estimate of drug-likeness (QED) is 0.493. The largest absolute Gasteiger partial charge is 0.498 e. The Morgan fingerprint density at radius 2 is 2.56 bits per heavy atom. The normalized spacial score (nSPS) is 34.2. The summed E-state index contributed by atoms with van der Waals surface area (Å²) in [6, 6.07) is 0. The van der Waals surface area contributed by atoms with Crippen LogP contribution in [0.3, 0.4) is 0 Å². The molecule has 50 valence electrons. The second kappa shape index (κ2) is 1.84. The highest BCUT2D eigenvalue weighted by molar-refractivity contribution is 5.96. The molecular weight excluding hydrogens is 120 g/mol. The number of aliphatic hydroxyl groups is 1. The maximum Gasteiger partial charge on any atom is 0.193 e. The molecule has 1 heterocycles. The summed E-state index contributed by atoms with van der Waals surface area (Å²) in [5.41, 5.74) is -1.31. The highest BCUT2D eigenvalue weighted by Gasteiger charge is 2.30. The molecular formula is C6H8O3. The highest BCUT2D eigenvalue weighted by atomic mass is 16.5. The van der Waals surface area contributed by atoms with Crippen molar-refractivity contribution in [3.05, 3.63) is 12.3 Å². The number of carbonyl (C=O) groups is 1. The minimum absolute atomic E-state index is 0.0579. The Morgan fingerprint density at radius 1 is 1.89 bits per heavy atom. The van der Waals surface area contributed by atoms with E-state index in [-0.39, 0.29) is 12.4 Å². The zero-order chi connectivity index (χ0) is 6.91. The van der Waals surface area contributed by atoms with Gasteiger partial charge in [0.1, 0.15) is 6.61 Å². The molecule has 0 aliphatic carbocycles. The monoisotopic (exact) mass is 128 g/mol. The fourth-order valence-corrected chi connectivity index (χ4v) is 0.571.